The first kappa shape index (κ1) is 13.4. The smallest absolute Gasteiger partial charge is 0.163 e. The number of fused-ring (bicyclic) bond motifs is 2. The van der Waals surface area contributed by atoms with E-state index in [1.165, 1.54) is 19.3 Å². The molecule has 2 unspecified atom stereocenters. The zero-order valence-corrected chi connectivity index (χ0v) is 11.5. The highest BCUT2D eigenvalue weighted by molar-refractivity contribution is 8.00. The van der Waals surface area contributed by atoms with Crippen molar-refractivity contribution >= 4 is 17.5 Å². The van der Waals surface area contributed by atoms with E-state index in [4.69, 9.17) is 9.47 Å². The van der Waals surface area contributed by atoms with Crippen LogP contribution in [-0.4, -0.2) is 36.8 Å². The first-order valence-electron chi connectivity index (χ1n) is 6.46. The Morgan fingerprint density at radius 3 is 2.35 bits per heavy atom. The third-order valence-corrected chi connectivity index (χ3v) is 5.51. The summed E-state index contributed by atoms with van der Waals surface area (Å²) in [5, 5.41) is 1.44. The minimum atomic E-state index is -0.364. The average molecular weight is 258 g/mol. The SMILES string of the molecule is COC(CC(=O)C1CC2CCCC(C1)S2)OC. The molecule has 0 saturated carbocycles. The number of carbonyl (C=O) groups excluding carboxylic acids is 1. The number of ketones is 1. The molecule has 17 heavy (non-hydrogen) atoms. The average Bonchev–Trinajstić information content (AvgIpc) is 2.35. The summed E-state index contributed by atoms with van der Waals surface area (Å²) in [4.78, 5) is 12.2. The lowest BCUT2D eigenvalue weighted by Crippen LogP contribution is -2.34. The highest BCUT2D eigenvalue weighted by atomic mass is 32.2. The summed E-state index contributed by atoms with van der Waals surface area (Å²) in [6.45, 7) is 0. The first-order chi connectivity index (χ1) is 8.22. The molecule has 2 atom stereocenters. The molecule has 2 aliphatic rings. The van der Waals surface area contributed by atoms with Gasteiger partial charge < -0.3 is 9.47 Å². The predicted molar refractivity (Wildman–Crippen MR) is 69.2 cm³/mol. The van der Waals surface area contributed by atoms with Crippen LogP contribution in [0.15, 0.2) is 0 Å². The summed E-state index contributed by atoms with van der Waals surface area (Å²) in [7, 11) is 3.18. The maximum absolute atomic E-state index is 12.2. The number of methoxy groups -OCH3 is 2. The number of Topliss-reactive ketones (excluding diaryl/α,β-unsaturated/α-hetero) is 1. The molecule has 0 aromatic carbocycles. The Hall–Kier alpha value is -0.0600. The highest BCUT2D eigenvalue weighted by Gasteiger charge is 2.35. The van der Waals surface area contributed by atoms with E-state index in [1.807, 2.05) is 0 Å². The summed E-state index contributed by atoms with van der Waals surface area (Å²) >= 11 is 2.11. The molecular formula is C13H22O3S. The fourth-order valence-electron chi connectivity index (χ4n) is 2.92. The third-order valence-electron chi connectivity index (χ3n) is 3.88. The molecule has 0 aliphatic carbocycles. The predicted octanol–water partition coefficient (Wildman–Crippen LogP) is 2.63. The maximum atomic E-state index is 12.2. The van der Waals surface area contributed by atoms with Gasteiger partial charge in [-0.1, -0.05) is 6.42 Å². The van der Waals surface area contributed by atoms with Crippen LogP contribution in [-0.2, 0) is 14.3 Å². The Kier molecular flexibility index (Phi) is 4.88. The molecule has 0 N–H and O–H groups in total. The van der Waals surface area contributed by atoms with Crippen LogP contribution >= 0.6 is 11.8 Å². The van der Waals surface area contributed by atoms with E-state index in [-0.39, 0.29) is 12.2 Å². The van der Waals surface area contributed by atoms with Crippen LogP contribution in [0.25, 0.3) is 0 Å². The van der Waals surface area contributed by atoms with Gasteiger partial charge in [-0.25, -0.2) is 0 Å². The summed E-state index contributed by atoms with van der Waals surface area (Å²) in [5.74, 6) is 0.579. The zero-order valence-electron chi connectivity index (χ0n) is 10.7. The zero-order chi connectivity index (χ0) is 12.3. The molecule has 0 amide bonds. The first-order valence-corrected chi connectivity index (χ1v) is 7.41. The standard InChI is InChI=1S/C13H22O3S/c1-15-13(16-2)8-12(14)9-6-10-4-3-5-11(7-9)17-10/h9-11,13H,3-8H2,1-2H3. The van der Waals surface area contributed by atoms with E-state index in [9.17, 15) is 4.79 Å². The molecule has 0 aromatic rings. The van der Waals surface area contributed by atoms with E-state index >= 15 is 0 Å². The van der Waals surface area contributed by atoms with Gasteiger partial charge in [0.2, 0.25) is 0 Å². The van der Waals surface area contributed by atoms with E-state index in [0.717, 1.165) is 23.3 Å². The van der Waals surface area contributed by atoms with E-state index in [1.54, 1.807) is 14.2 Å². The van der Waals surface area contributed by atoms with Crippen molar-refractivity contribution in [3.8, 4) is 0 Å². The lowest BCUT2D eigenvalue weighted by molar-refractivity contribution is -0.141. The summed E-state index contributed by atoms with van der Waals surface area (Å²) < 4.78 is 10.2. The van der Waals surface area contributed by atoms with Gasteiger partial charge in [-0.3, -0.25) is 4.79 Å². The fourth-order valence-corrected chi connectivity index (χ4v) is 4.75. The molecule has 0 aromatic heterocycles. The number of ether oxygens (including phenoxy) is 2. The maximum Gasteiger partial charge on any atom is 0.163 e. The molecule has 0 spiro atoms. The van der Waals surface area contributed by atoms with E-state index in [2.05, 4.69) is 11.8 Å². The second kappa shape index (κ2) is 6.21. The van der Waals surface area contributed by atoms with Gasteiger partial charge in [0, 0.05) is 30.6 Å². The minimum absolute atomic E-state index is 0.249. The Labute approximate surface area is 108 Å². The Morgan fingerprint density at radius 1 is 1.24 bits per heavy atom. The molecule has 2 aliphatic heterocycles. The number of hydrogen-bond donors (Lipinski definition) is 0. The van der Waals surface area contributed by atoms with Crippen LogP contribution in [0.1, 0.15) is 38.5 Å². The van der Waals surface area contributed by atoms with Gasteiger partial charge in [-0.15, -0.1) is 0 Å². The molecule has 2 rings (SSSR count). The molecule has 0 radical (unpaired) electrons. The number of rotatable bonds is 5. The van der Waals surface area contributed by atoms with Crippen molar-refractivity contribution in [3.63, 3.8) is 0 Å². The fraction of sp³-hybridized carbons (Fsp3) is 0.923. The van der Waals surface area contributed by atoms with Crippen LogP contribution < -0.4 is 0 Å². The van der Waals surface area contributed by atoms with Gasteiger partial charge in [-0.2, -0.15) is 11.8 Å². The molecule has 2 saturated heterocycles. The topological polar surface area (TPSA) is 35.5 Å². The van der Waals surface area contributed by atoms with Crippen LogP contribution in [0, 0.1) is 5.92 Å². The highest BCUT2D eigenvalue weighted by Crippen LogP contribution is 2.44. The molecule has 2 fully saturated rings. The largest absolute Gasteiger partial charge is 0.355 e. The Balaban J connectivity index is 1.87. The van der Waals surface area contributed by atoms with Crippen molar-refractivity contribution in [2.24, 2.45) is 5.92 Å². The second-order valence-corrected chi connectivity index (χ2v) is 6.66. The minimum Gasteiger partial charge on any atom is -0.355 e. The van der Waals surface area contributed by atoms with Gasteiger partial charge in [0.05, 0.1) is 6.42 Å². The quantitative estimate of drug-likeness (QED) is 0.710. The van der Waals surface area contributed by atoms with Crippen molar-refractivity contribution < 1.29 is 14.3 Å². The molecular weight excluding hydrogens is 236 g/mol. The van der Waals surface area contributed by atoms with Crippen LogP contribution in [0.5, 0.6) is 0 Å². The van der Waals surface area contributed by atoms with E-state index < -0.39 is 0 Å². The van der Waals surface area contributed by atoms with Crippen molar-refractivity contribution in [3.05, 3.63) is 0 Å². The van der Waals surface area contributed by atoms with Crippen molar-refractivity contribution in [1.29, 1.82) is 0 Å². The summed E-state index contributed by atoms with van der Waals surface area (Å²) in [6, 6.07) is 0. The van der Waals surface area contributed by atoms with Crippen LogP contribution in [0.2, 0.25) is 0 Å². The van der Waals surface area contributed by atoms with Crippen LogP contribution in [0.4, 0.5) is 0 Å². The van der Waals surface area contributed by atoms with Crippen molar-refractivity contribution in [2.45, 2.75) is 55.3 Å². The summed E-state index contributed by atoms with van der Waals surface area (Å²) in [5.41, 5.74) is 0. The number of hydrogen-bond acceptors (Lipinski definition) is 4. The Morgan fingerprint density at radius 2 is 1.82 bits per heavy atom. The molecule has 2 heterocycles. The lowest BCUT2D eigenvalue weighted by atomic mass is 9.85. The third kappa shape index (κ3) is 3.46. The molecule has 4 heteroatoms. The van der Waals surface area contributed by atoms with Gasteiger partial charge in [-0.05, 0) is 25.7 Å². The van der Waals surface area contributed by atoms with Crippen LogP contribution in [0.3, 0.4) is 0 Å². The molecule has 98 valence electrons. The van der Waals surface area contributed by atoms with Gasteiger partial charge >= 0.3 is 0 Å². The van der Waals surface area contributed by atoms with Crippen molar-refractivity contribution in [2.75, 3.05) is 14.2 Å². The summed E-state index contributed by atoms with van der Waals surface area (Å²) in [6.07, 6.45) is 6.12. The molecule has 2 bridgehead atoms. The van der Waals surface area contributed by atoms with Crippen molar-refractivity contribution in [1.82, 2.24) is 0 Å². The normalized spacial score (nSPS) is 32.8. The molecule has 3 nitrogen and oxygen atoms in total. The van der Waals surface area contributed by atoms with E-state index in [0.29, 0.717) is 12.2 Å². The number of thioether (sulfide) groups is 1. The second-order valence-electron chi connectivity index (χ2n) is 5.05. The Bertz CT molecular complexity index is 253. The monoisotopic (exact) mass is 258 g/mol. The number of carbonyl (C=O) groups is 1. The van der Waals surface area contributed by atoms with Gasteiger partial charge in [0.15, 0.2) is 6.29 Å². The van der Waals surface area contributed by atoms with Gasteiger partial charge in [0.25, 0.3) is 0 Å². The van der Waals surface area contributed by atoms with Gasteiger partial charge in [0.1, 0.15) is 5.78 Å². The lowest BCUT2D eigenvalue weighted by Gasteiger charge is -2.38.